The molecule has 1 N–H and O–H groups in total. The molecule has 31 heavy (non-hydrogen) atoms. The highest BCUT2D eigenvalue weighted by atomic mass is 16.6. The Balaban J connectivity index is 1.41. The van der Waals surface area contributed by atoms with Crippen molar-refractivity contribution in [1.29, 1.82) is 0 Å². The van der Waals surface area contributed by atoms with Crippen LogP contribution < -0.4 is 14.8 Å². The molecule has 3 aromatic rings. The first-order valence-corrected chi connectivity index (χ1v) is 9.34. The molecule has 1 fully saturated rings. The molecule has 1 amide bonds. The Labute approximate surface area is 177 Å². The lowest BCUT2D eigenvalue weighted by molar-refractivity contribution is -0.130. The maximum atomic E-state index is 11.4. The number of hydrogen-bond acceptors (Lipinski definition) is 7. The van der Waals surface area contributed by atoms with E-state index in [1.165, 1.54) is 6.08 Å². The number of cyclic esters (lactones) is 2. The minimum absolute atomic E-state index is 0.0793. The molecule has 0 bridgehead atoms. The number of carbonyl (C=O) groups excluding carboxylic acids is 2. The third-order valence-electron chi connectivity index (χ3n) is 4.33. The molecule has 8 heteroatoms. The zero-order valence-corrected chi connectivity index (χ0v) is 16.5. The number of oxazole rings is 1. The van der Waals surface area contributed by atoms with Gasteiger partial charge in [-0.15, -0.1) is 0 Å². The molecule has 0 radical (unpaired) electrons. The Morgan fingerprint density at radius 1 is 1.10 bits per heavy atom. The molecule has 0 saturated carbocycles. The number of esters is 1. The number of rotatable bonds is 7. The summed E-state index contributed by atoms with van der Waals surface area (Å²) >= 11 is 0. The van der Waals surface area contributed by atoms with Gasteiger partial charge >= 0.3 is 12.1 Å². The molecule has 2 aromatic carbocycles. The molecule has 0 atom stereocenters. The summed E-state index contributed by atoms with van der Waals surface area (Å²) in [5, 5.41) is 2.31. The highest BCUT2D eigenvalue weighted by molar-refractivity contribution is 6.04. The van der Waals surface area contributed by atoms with Gasteiger partial charge in [-0.2, -0.15) is 0 Å². The highest BCUT2D eigenvalue weighted by Gasteiger charge is 2.25. The maximum absolute atomic E-state index is 11.4. The van der Waals surface area contributed by atoms with E-state index in [0.29, 0.717) is 23.1 Å². The quantitative estimate of drug-likeness (QED) is 0.350. The summed E-state index contributed by atoms with van der Waals surface area (Å²) in [5.74, 6) is 0.909. The minimum atomic E-state index is -0.782. The molecular weight excluding hydrogens is 400 g/mol. The number of alkyl carbamates (subject to hydrolysis) is 1. The van der Waals surface area contributed by atoms with Crippen molar-refractivity contribution in [3.63, 3.8) is 0 Å². The summed E-state index contributed by atoms with van der Waals surface area (Å²) in [7, 11) is 1.55. The predicted molar refractivity (Wildman–Crippen MR) is 111 cm³/mol. The first-order chi connectivity index (χ1) is 15.1. The normalized spacial score (nSPS) is 14.7. The average molecular weight is 418 g/mol. The number of carbonyl (C=O) groups is 2. The van der Waals surface area contributed by atoms with Crippen LogP contribution in [0.1, 0.15) is 11.3 Å². The van der Waals surface area contributed by atoms with E-state index >= 15 is 0 Å². The van der Waals surface area contributed by atoms with Crippen LogP contribution in [0.4, 0.5) is 4.79 Å². The number of benzene rings is 2. The Morgan fingerprint density at radius 2 is 1.94 bits per heavy atom. The van der Waals surface area contributed by atoms with E-state index in [9.17, 15) is 9.59 Å². The van der Waals surface area contributed by atoms with Gasteiger partial charge < -0.3 is 18.6 Å². The van der Waals surface area contributed by atoms with E-state index in [1.54, 1.807) is 37.7 Å². The lowest BCUT2D eigenvalue weighted by Gasteiger charge is -2.10. The predicted octanol–water partition coefficient (Wildman–Crippen LogP) is 4.09. The summed E-state index contributed by atoms with van der Waals surface area (Å²) in [6, 6.07) is 15.0. The Morgan fingerprint density at radius 3 is 2.68 bits per heavy atom. The molecule has 1 aliphatic heterocycles. The van der Waals surface area contributed by atoms with Crippen molar-refractivity contribution in [3.8, 4) is 23.0 Å². The fourth-order valence-corrected chi connectivity index (χ4v) is 2.84. The van der Waals surface area contributed by atoms with E-state index < -0.39 is 12.1 Å². The van der Waals surface area contributed by atoms with Crippen molar-refractivity contribution < 1.29 is 28.2 Å². The second-order valence-electron chi connectivity index (χ2n) is 6.45. The summed E-state index contributed by atoms with van der Waals surface area (Å²) < 4.78 is 21.1. The van der Waals surface area contributed by atoms with Crippen molar-refractivity contribution >= 4 is 18.1 Å². The SMILES string of the molecule is COc1cc(C=CC=C2NC(=O)OC2=O)ccc1OCc1coc(-c2ccccc2)n1. The van der Waals surface area contributed by atoms with E-state index in [4.69, 9.17) is 13.9 Å². The standard InChI is InChI=1S/C23H18N2O6/c1-28-20-12-15(6-5-9-18-22(26)31-23(27)25-18)10-11-19(20)29-13-17-14-30-21(24-17)16-7-3-2-4-8-16/h2-12,14H,13H2,1H3,(H,25,27). The van der Waals surface area contributed by atoms with Gasteiger partial charge in [0.25, 0.3) is 0 Å². The molecule has 2 heterocycles. The molecule has 1 saturated heterocycles. The Hall–Kier alpha value is -4.33. The molecule has 0 aliphatic carbocycles. The molecule has 8 nitrogen and oxygen atoms in total. The molecule has 1 aromatic heterocycles. The van der Waals surface area contributed by atoms with Crippen molar-refractivity contribution in [1.82, 2.24) is 10.3 Å². The number of nitrogens with zero attached hydrogens (tertiary/aromatic N) is 1. The maximum Gasteiger partial charge on any atom is 0.419 e. The van der Waals surface area contributed by atoms with Crippen LogP contribution in [-0.2, 0) is 16.1 Å². The second-order valence-corrected chi connectivity index (χ2v) is 6.45. The van der Waals surface area contributed by atoms with Crippen LogP contribution in [0.5, 0.6) is 11.5 Å². The molecule has 0 unspecified atom stereocenters. The van der Waals surface area contributed by atoms with Gasteiger partial charge in [0.2, 0.25) is 5.89 Å². The van der Waals surface area contributed by atoms with Gasteiger partial charge in [0.05, 0.1) is 7.11 Å². The zero-order valence-electron chi connectivity index (χ0n) is 16.5. The summed E-state index contributed by atoms with van der Waals surface area (Å²) in [5.41, 5.74) is 2.44. The number of hydrogen-bond donors (Lipinski definition) is 1. The van der Waals surface area contributed by atoms with Crippen LogP contribution in [0.25, 0.3) is 17.5 Å². The summed E-state index contributed by atoms with van der Waals surface area (Å²) in [4.78, 5) is 26.8. The Kier molecular flexibility index (Phi) is 5.79. The monoisotopic (exact) mass is 418 g/mol. The van der Waals surface area contributed by atoms with E-state index in [-0.39, 0.29) is 12.3 Å². The topological polar surface area (TPSA) is 99.9 Å². The van der Waals surface area contributed by atoms with Crippen LogP contribution in [0.15, 0.2) is 77.1 Å². The Bertz CT molecular complexity index is 1160. The van der Waals surface area contributed by atoms with Gasteiger partial charge in [-0.1, -0.05) is 36.4 Å². The third kappa shape index (κ3) is 4.81. The lowest BCUT2D eigenvalue weighted by Crippen LogP contribution is -2.11. The number of methoxy groups -OCH3 is 1. The van der Waals surface area contributed by atoms with Gasteiger partial charge in [-0.25, -0.2) is 14.6 Å². The van der Waals surface area contributed by atoms with Gasteiger partial charge in [-0.3, -0.25) is 5.32 Å². The summed E-state index contributed by atoms with van der Waals surface area (Å²) in [6.45, 7) is 0.218. The van der Waals surface area contributed by atoms with Crippen LogP contribution in [0.3, 0.4) is 0 Å². The smallest absolute Gasteiger partial charge is 0.419 e. The molecule has 156 valence electrons. The molecule has 1 aliphatic rings. The molecular formula is C23H18N2O6. The van der Waals surface area contributed by atoms with Crippen LogP contribution in [0, 0.1) is 0 Å². The van der Waals surface area contributed by atoms with Gasteiger partial charge in [-0.05, 0) is 35.9 Å². The van der Waals surface area contributed by atoms with Crippen molar-refractivity contribution in [2.75, 3.05) is 7.11 Å². The van der Waals surface area contributed by atoms with Gasteiger partial charge in [0.1, 0.15) is 24.3 Å². The largest absolute Gasteiger partial charge is 0.493 e. The summed E-state index contributed by atoms with van der Waals surface area (Å²) in [6.07, 6.45) is 5.61. The van der Waals surface area contributed by atoms with E-state index in [0.717, 1.165) is 11.1 Å². The number of ether oxygens (including phenoxy) is 3. The van der Waals surface area contributed by atoms with Crippen LogP contribution in [-0.4, -0.2) is 24.2 Å². The number of allylic oxidation sites excluding steroid dienone is 2. The van der Waals surface area contributed by atoms with Crippen LogP contribution in [0.2, 0.25) is 0 Å². The van der Waals surface area contributed by atoms with Gasteiger partial charge in [0, 0.05) is 5.56 Å². The fourth-order valence-electron chi connectivity index (χ4n) is 2.84. The number of amides is 1. The third-order valence-corrected chi connectivity index (χ3v) is 4.33. The van der Waals surface area contributed by atoms with E-state index in [1.807, 2.05) is 36.4 Å². The van der Waals surface area contributed by atoms with Crippen molar-refractivity contribution in [3.05, 3.63) is 83.9 Å². The highest BCUT2D eigenvalue weighted by Crippen LogP contribution is 2.29. The lowest BCUT2D eigenvalue weighted by atomic mass is 10.2. The van der Waals surface area contributed by atoms with E-state index in [2.05, 4.69) is 15.0 Å². The minimum Gasteiger partial charge on any atom is -0.493 e. The first-order valence-electron chi connectivity index (χ1n) is 9.34. The first kappa shape index (κ1) is 20.0. The molecule has 0 spiro atoms. The van der Waals surface area contributed by atoms with Crippen molar-refractivity contribution in [2.45, 2.75) is 6.61 Å². The van der Waals surface area contributed by atoms with Crippen LogP contribution >= 0.6 is 0 Å². The average Bonchev–Trinajstić information content (AvgIpc) is 3.39. The van der Waals surface area contributed by atoms with Gasteiger partial charge in [0.15, 0.2) is 11.5 Å². The second kappa shape index (κ2) is 9.00. The molecule has 4 rings (SSSR count). The number of nitrogens with one attached hydrogen (secondary N) is 1. The number of aromatic nitrogens is 1. The zero-order chi connectivity index (χ0) is 21.6. The fraction of sp³-hybridized carbons (Fsp3) is 0.0870. The van der Waals surface area contributed by atoms with Crippen molar-refractivity contribution in [2.24, 2.45) is 0 Å².